The highest BCUT2D eigenvalue weighted by Gasteiger charge is 2.13. The summed E-state index contributed by atoms with van der Waals surface area (Å²) in [6.07, 6.45) is 1.30. The van der Waals surface area contributed by atoms with E-state index in [2.05, 4.69) is 18.3 Å². The molecular formula is C19H23NO3. The number of rotatable bonds is 7. The van der Waals surface area contributed by atoms with Gasteiger partial charge < -0.3 is 15.2 Å². The predicted molar refractivity (Wildman–Crippen MR) is 92.2 cm³/mol. The van der Waals surface area contributed by atoms with Crippen LogP contribution in [0.1, 0.15) is 34.3 Å². The SMILES string of the molecule is Cc1cccc(Nc2ccccc2C(=O)OCCCCO)c1C. The Hall–Kier alpha value is -2.33. The second kappa shape index (κ2) is 8.34. The van der Waals surface area contributed by atoms with Gasteiger partial charge in [0.1, 0.15) is 0 Å². The van der Waals surface area contributed by atoms with Gasteiger partial charge in [-0.15, -0.1) is 0 Å². The second-order valence-corrected chi connectivity index (χ2v) is 5.48. The van der Waals surface area contributed by atoms with Crippen molar-refractivity contribution < 1.29 is 14.6 Å². The number of aliphatic hydroxyl groups excluding tert-OH is 1. The van der Waals surface area contributed by atoms with Crippen LogP contribution in [0.15, 0.2) is 42.5 Å². The van der Waals surface area contributed by atoms with E-state index in [1.165, 1.54) is 5.56 Å². The summed E-state index contributed by atoms with van der Waals surface area (Å²) in [6.45, 7) is 4.54. The molecule has 0 aliphatic rings. The normalized spacial score (nSPS) is 10.4. The van der Waals surface area contributed by atoms with Crippen LogP contribution in [0.3, 0.4) is 0 Å². The lowest BCUT2D eigenvalue weighted by Gasteiger charge is -2.14. The summed E-state index contributed by atoms with van der Waals surface area (Å²) in [5.74, 6) is -0.351. The van der Waals surface area contributed by atoms with Crippen molar-refractivity contribution >= 4 is 17.3 Å². The summed E-state index contributed by atoms with van der Waals surface area (Å²) in [6, 6.07) is 13.4. The molecule has 0 aromatic heterocycles. The predicted octanol–water partition coefficient (Wildman–Crippen LogP) is 3.98. The van der Waals surface area contributed by atoms with Crippen molar-refractivity contribution in [2.75, 3.05) is 18.5 Å². The van der Waals surface area contributed by atoms with E-state index in [0.29, 0.717) is 25.0 Å². The van der Waals surface area contributed by atoms with Crippen LogP contribution in [0.2, 0.25) is 0 Å². The lowest BCUT2D eigenvalue weighted by atomic mass is 10.1. The smallest absolute Gasteiger partial charge is 0.340 e. The summed E-state index contributed by atoms with van der Waals surface area (Å²) in [5, 5.41) is 12.1. The van der Waals surface area contributed by atoms with Gasteiger partial charge in [-0.25, -0.2) is 4.79 Å². The van der Waals surface area contributed by atoms with Crippen LogP contribution < -0.4 is 5.32 Å². The Kier molecular flexibility index (Phi) is 6.18. The van der Waals surface area contributed by atoms with Gasteiger partial charge in [-0.1, -0.05) is 24.3 Å². The van der Waals surface area contributed by atoms with Crippen LogP contribution >= 0.6 is 0 Å². The molecule has 0 aliphatic carbocycles. The second-order valence-electron chi connectivity index (χ2n) is 5.48. The van der Waals surface area contributed by atoms with E-state index in [9.17, 15) is 4.79 Å². The van der Waals surface area contributed by atoms with E-state index < -0.39 is 0 Å². The minimum atomic E-state index is -0.351. The molecule has 0 spiro atoms. The molecule has 0 radical (unpaired) electrons. The molecule has 0 bridgehead atoms. The first kappa shape index (κ1) is 17.0. The third-order valence-electron chi connectivity index (χ3n) is 3.81. The van der Waals surface area contributed by atoms with Crippen molar-refractivity contribution in [3.8, 4) is 0 Å². The number of hydrogen-bond donors (Lipinski definition) is 2. The minimum absolute atomic E-state index is 0.113. The van der Waals surface area contributed by atoms with Crippen LogP contribution in [0, 0.1) is 13.8 Å². The van der Waals surface area contributed by atoms with Crippen LogP contribution in [0.4, 0.5) is 11.4 Å². The first-order chi connectivity index (χ1) is 11.1. The van der Waals surface area contributed by atoms with Crippen molar-refractivity contribution in [1.29, 1.82) is 0 Å². The summed E-state index contributed by atoms with van der Waals surface area (Å²) < 4.78 is 5.27. The van der Waals surface area contributed by atoms with Gasteiger partial charge in [0.05, 0.1) is 17.9 Å². The third-order valence-corrected chi connectivity index (χ3v) is 3.81. The van der Waals surface area contributed by atoms with Crippen molar-refractivity contribution in [2.45, 2.75) is 26.7 Å². The molecular weight excluding hydrogens is 290 g/mol. The molecule has 122 valence electrons. The first-order valence-corrected chi connectivity index (χ1v) is 7.83. The first-order valence-electron chi connectivity index (χ1n) is 7.83. The Bertz CT molecular complexity index is 667. The number of hydrogen-bond acceptors (Lipinski definition) is 4. The van der Waals surface area contributed by atoms with Crippen molar-refractivity contribution in [1.82, 2.24) is 0 Å². The molecule has 0 aliphatic heterocycles. The number of nitrogens with one attached hydrogen (secondary N) is 1. The highest BCUT2D eigenvalue weighted by Crippen LogP contribution is 2.25. The fourth-order valence-corrected chi connectivity index (χ4v) is 2.26. The van der Waals surface area contributed by atoms with Gasteiger partial charge in [-0.3, -0.25) is 0 Å². The quantitative estimate of drug-likeness (QED) is 0.600. The molecule has 2 N–H and O–H groups in total. The zero-order valence-electron chi connectivity index (χ0n) is 13.6. The van der Waals surface area contributed by atoms with Crippen LogP contribution in [0.5, 0.6) is 0 Å². The number of anilines is 2. The van der Waals surface area contributed by atoms with Gasteiger partial charge in [0.25, 0.3) is 0 Å². The van der Waals surface area contributed by atoms with E-state index in [-0.39, 0.29) is 12.6 Å². The lowest BCUT2D eigenvalue weighted by molar-refractivity contribution is 0.0494. The average Bonchev–Trinajstić information content (AvgIpc) is 2.56. The molecule has 23 heavy (non-hydrogen) atoms. The van der Waals surface area contributed by atoms with E-state index in [1.807, 2.05) is 37.3 Å². The molecule has 2 aromatic rings. The monoisotopic (exact) mass is 313 g/mol. The van der Waals surface area contributed by atoms with Gasteiger partial charge in [0, 0.05) is 12.3 Å². The number of benzene rings is 2. The summed E-state index contributed by atoms with van der Waals surface area (Å²) >= 11 is 0. The topological polar surface area (TPSA) is 58.6 Å². The van der Waals surface area contributed by atoms with Crippen LogP contribution in [-0.4, -0.2) is 24.3 Å². The van der Waals surface area contributed by atoms with Crippen molar-refractivity contribution in [3.05, 3.63) is 59.2 Å². The standard InChI is InChI=1S/C19H23NO3/c1-14-8-7-11-17(15(14)2)20-18-10-4-3-9-16(18)19(22)23-13-6-5-12-21/h3-4,7-11,20-21H,5-6,12-13H2,1-2H3. The fraction of sp³-hybridized carbons (Fsp3) is 0.316. The molecule has 4 heteroatoms. The Morgan fingerprint density at radius 2 is 1.78 bits per heavy atom. The average molecular weight is 313 g/mol. The zero-order valence-corrected chi connectivity index (χ0v) is 13.6. The van der Waals surface area contributed by atoms with Gasteiger partial charge in [-0.2, -0.15) is 0 Å². The van der Waals surface area contributed by atoms with E-state index >= 15 is 0 Å². The zero-order chi connectivity index (χ0) is 16.7. The maximum atomic E-state index is 12.2. The number of carbonyl (C=O) groups excluding carboxylic acids is 1. The van der Waals surface area contributed by atoms with Gasteiger partial charge in [-0.05, 0) is 56.0 Å². The molecule has 4 nitrogen and oxygen atoms in total. The molecule has 0 fully saturated rings. The fourth-order valence-electron chi connectivity index (χ4n) is 2.26. The van der Waals surface area contributed by atoms with Crippen LogP contribution in [-0.2, 0) is 4.74 Å². The molecule has 0 saturated carbocycles. The summed E-state index contributed by atoms with van der Waals surface area (Å²) in [5.41, 5.74) is 4.56. The Morgan fingerprint density at radius 1 is 1.04 bits per heavy atom. The van der Waals surface area contributed by atoms with E-state index in [4.69, 9.17) is 9.84 Å². The maximum Gasteiger partial charge on any atom is 0.340 e. The van der Waals surface area contributed by atoms with E-state index in [1.54, 1.807) is 6.07 Å². The van der Waals surface area contributed by atoms with Crippen LogP contribution in [0.25, 0.3) is 0 Å². The third kappa shape index (κ3) is 4.57. The largest absolute Gasteiger partial charge is 0.462 e. The molecule has 0 heterocycles. The Balaban J connectivity index is 2.14. The molecule has 0 amide bonds. The molecule has 0 saturated heterocycles. The minimum Gasteiger partial charge on any atom is -0.462 e. The Labute approximate surface area is 137 Å². The number of ether oxygens (including phenoxy) is 1. The number of esters is 1. The highest BCUT2D eigenvalue weighted by atomic mass is 16.5. The molecule has 0 atom stereocenters. The van der Waals surface area contributed by atoms with Gasteiger partial charge >= 0.3 is 5.97 Å². The number of carbonyl (C=O) groups is 1. The molecule has 2 rings (SSSR count). The highest BCUT2D eigenvalue weighted by molar-refractivity contribution is 5.96. The maximum absolute atomic E-state index is 12.2. The van der Waals surface area contributed by atoms with Crippen molar-refractivity contribution in [2.24, 2.45) is 0 Å². The number of para-hydroxylation sites is 1. The molecule has 0 unspecified atom stereocenters. The number of aryl methyl sites for hydroxylation is 1. The number of aliphatic hydroxyl groups is 1. The lowest BCUT2D eigenvalue weighted by Crippen LogP contribution is -2.09. The Morgan fingerprint density at radius 3 is 2.57 bits per heavy atom. The summed E-state index contributed by atoms with van der Waals surface area (Å²) in [7, 11) is 0. The summed E-state index contributed by atoms with van der Waals surface area (Å²) in [4.78, 5) is 12.2. The van der Waals surface area contributed by atoms with E-state index in [0.717, 1.165) is 16.9 Å². The van der Waals surface area contributed by atoms with Gasteiger partial charge in [0.2, 0.25) is 0 Å². The van der Waals surface area contributed by atoms with Crippen molar-refractivity contribution in [3.63, 3.8) is 0 Å². The number of unbranched alkanes of at least 4 members (excludes halogenated alkanes) is 1. The molecule has 2 aromatic carbocycles. The van der Waals surface area contributed by atoms with Gasteiger partial charge in [0.15, 0.2) is 0 Å².